The molecular formula is C15H22N4O. The van der Waals surface area contributed by atoms with Crippen LogP contribution in [-0.4, -0.2) is 42.7 Å². The molecule has 1 saturated heterocycles. The number of pyridine rings is 1. The minimum Gasteiger partial charge on any atom is -0.384 e. The van der Waals surface area contributed by atoms with Gasteiger partial charge in [-0.05, 0) is 25.1 Å². The Kier molecular flexibility index (Phi) is 3.89. The van der Waals surface area contributed by atoms with Gasteiger partial charge in [-0.3, -0.25) is 0 Å². The van der Waals surface area contributed by atoms with Gasteiger partial charge in [0, 0.05) is 38.7 Å². The summed E-state index contributed by atoms with van der Waals surface area (Å²) in [5.41, 5.74) is 8.00. The van der Waals surface area contributed by atoms with Gasteiger partial charge in [-0.1, -0.05) is 6.07 Å². The van der Waals surface area contributed by atoms with Crippen molar-refractivity contribution in [1.82, 2.24) is 9.38 Å². The second-order valence-corrected chi connectivity index (χ2v) is 5.41. The Labute approximate surface area is 119 Å². The number of nitrogens with zero attached hydrogens (tertiary/aromatic N) is 3. The zero-order valence-corrected chi connectivity index (χ0v) is 12.0. The maximum absolute atomic E-state index is 5.77. The van der Waals surface area contributed by atoms with Crippen molar-refractivity contribution in [2.24, 2.45) is 11.7 Å². The molecule has 1 aliphatic rings. The number of rotatable bonds is 5. The van der Waals surface area contributed by atoms with Gasteiger partial charge in [0.15, 0.2) is 5.82 Å². The van der Waals surface area contributed by atoms with Gasteiger partial charge >= 0.3 is 0 Å². The first-order valence-electron chi connectivity index (χ1n) is 7.23. The lowest BCUT2D eigenvalue weighted by molar-refractivity contribution is 0.161. The third kappa shape index (κ3) is 2.39. The van der Waals surface area contributed by atoms with E-state index >= 15 is 0 Å². The Bertz CT molecular complexity index is 580. The Morgan fingerprint density at radius 1 is 1.45 bits per heavy atom. The summed E-state index contributed by atoms with van der Waals surface area (Å²) in [6.45, 7) is 3.55. The molecule has 2 N–H and O–H groups in total. The van der Waals surface area contributed by atoms with Gasteiger partial charge in [0.1, 0.15) is 5.65 Å². The summed E-state index contributed by atoms with van der Waals surface area (Å²) in [5.74, 6) is 1.70. The molecule has 0 saturated carbocycles. The second-order valence-electron chi connectivity index (χ2n) is 5.41. The summed E-state index contributed by atoms with van der Waals surface area (Å²) >= 11 is 0. The van der Waals surface area contributed by atoms with Crippen LogP contribution in [0.2, 0.25) is 0 Å². The predicted molar refractivity (Wildman–Crippen MR) is 80.1 cm³/mol. The highest BCUT2D eigenvalue weighted by Crippen LogP contribution is 2.27. The number of aromatic nitrogens is 2. The van der Waals surface area contributed by atoms with Crippen molar-refractivity contribution in [1.29, 1.82) is 0 Å². The van der Waals surface area contributed by atoms with E-state index < -0.39 is 0 Å². The van der Waals surface area contributed by atoms with Gasteiger partial charge in [0.25, 0.3) is 0 Å². The van der Waals surface area contributed by atoms with Crippen LogP contribution in [-0.2, 0) is 11.2 Å². The molecule has 5 nitrogen and oxygen atoms in total. The van der Waals surface area contributed by atoms with Crippen LogP contribution >= 0.6 is 0 Å². The summed E-state index contributed by atoms with van der Waals surface area (Å²) in [6.07, 6.45) is 4.09. The molecule has 2 aromatic heterocycles. The van der Waals surface area contributed by atoms with E-state index in [0.29, 0.717) is 12.5 Å². The quantitative estimate of drug-likeness (QED) is 0.893. The SMILES string of the molecule is COCC1CCN(c2nc3ccccn3c2CCN)C1. The lowest BCUT2D eigenvalue weighted by Gasteiger charge is -2.17. The van der Waals surface area contributed by atoms with Gasteiger partial charge in [0.05, 0.1) is 12.3 Å². The standard InChI is InChI=1S/C15H22N4O/c1-20-11-12-6-9-18(10-12)15-13(5-7-16)19-8-3-2-4-14(19)17-15/h2-4,8,12H,5-7,9-11,16H2,1H3. The van der Waals surface area contributed by atoms with Gasteiger partial charge in [-0.15, -0.1) is 0 Å². The summed E-state index contributed by atoms with van der Waals surface area (Å²) in [5, 5.41) is 0. The van der Waals surface area contributed by atoms with Crippen LogP contribution in [0.15, 0.2) is 24.4 Å². The monoisotopic (exact) mass is 274 g/mol. The summed E-state index contributed by atoms with van der Waals surface area (Å²) in [6, 6.07) is 6.11. The molecule has 1 atom stereocenters. The molecule has 1 aliphatic heterocycles. The van der Waals surface area contributed by atoms with E-state index in [-0.39, 0.29) is 0 Å². The zero-order valence-electron chi connectivity index (χ0n) is 12.0. The molecule has 0 aliphatic carbocycles. The highest BCUT2D eigenvalue weighted by Gasteiger charge is 2.26. The highest BCUT2D eigenvalue weighted by atomic mass is 16.5. The maximum Gasteiger partial charge on any atom is 0.151 e. The first kappa shape index (κ1) is 13.4. The second kappa shape index (κ2) is 5.81. The van der Waals surface area contributed by atoms with Crippen molar-refractivity contribution >= 4 is 11.5 Å². The molecular weight excluding hydrogens is 252 g/mol. The molecule has 108 valence electrons. The summed E-state index contributed by atoms with van der Waals surface area (Å²) < 4.78 is 7.43. The van der Waals surface area contributed by atoms with E-state index in [1.165, 1.54) is 12.1 Å². The van der Waals surface area contributed by atoms with Crippen LogP contribution in [0, 0.1) is 5.92 Å². The number of imidazole rings is 1. The van der Waals surface area contributed by atoms with Gasteiger partial charge < -0.3 is 19.8 Å². The minimum absolute atomic E-state index is 0.607. The first-order valence-corrected chi connectivity index (χ1v) is 7.23. The third-order valence-electron chi connectivity index (χ3n) is 3.98. The molecule has 0 bridgehead atoms. The highest BCUT2D eigenvalue weighted by molar-refractivity contribution is 5.56. The lowest BCUT2D eigenvalue weighted by atomic mass is 10.1. The topological polar surface area (TPSA) is 55.8 Å². The van der Waals surface area contributed by atoms with Crippen molar-refractivity contribution in [3.05, 3.63) is 30.1 Å². The molecule has 0 radical (unpaired) electrons. The van der Waals surface area contributed by atoms with Crippen LogP contribution in [0.3, 0.4) is 0 Å². The van der Waals surface area contributed by atoms with Gasteiger partial charge in [0.2, 0.25) is 0 Å². The fourth-order valence-corrected chi connectivity index (χ4v) is 3.05. The van der Waals surface area contributed by atoms with E-state index in [1.54, 1.807) is 7.11 Å². The average Bonchev–Trinajstić information content (AvgIpc) is 3.05. The Balaban J connectivity index is 1.92. The van der Waals surface area contributed by atoms with Crippen LogP contribution in [0.4, 0.5) is 5.82 Å². The Morgan fingerprint density at radius 3 is 3.15 bits per heavy atom. The molecule has 1 fully saturated rings. The average molecular weight is 274 g/mol. The van der Waals surface area contributed by atoms with Crippen molar-refractivity contribution in [3.8, 4) is 0 Å². The molecule has 2 aromatic rings. The van der Waals surface area contributed by atoms with Crippen molar-refractivity contribution in [2.75, 3.05) is 38.3 Å². The molecule has 3 heterocycles. The van der Waals surface area contributed by atoms with Gasteiger partial charge in [-0.25, -0.2) is 4.98 Å². The van der Waals surface area contributed by atoms with Gasteiger partial charge in [-0.2, -0.15) is 0 Å². The smallest absolute Gasteiger partial charge is 0.151 e. The number of hydrogen-bond acceptors (Lipinski definition) is 4. The van der Waals surface area contributed by atoms with E-state index in [0.717, 1.165) is 37.6 Å². The number of methoxy groups -OCH3 is 1. The molecule has 0 spiro atoms. The van der Waals surface area contributed by atoms with Crippen LogP contribution in [0.1, 0.15) is 12.1 Å². The normalized spacial score (nSPS) is 19.1. The van der Waals surface area contributed by atoms with E-state index in [2.05, 4.69) is 15.5 Å². The van der Waals surface area contributed by atoms with E-state index in [9.17, 15) is 0 Å². The minimum atomic E-state index is 0.607. The summed E-state index contributed by atoms with van der Waals surface area (Å²) in [4.78, 5) is 7.18. The maximum atomic E-state index is 5.77. The van der Waals surface area contributed by atoms with E-state index in [1.807, 2.05) is 18.2 Å². The fraction of sp³-hybridized carbons (Fsp3) is 0.533. The Morgan fingerprint density at radius 2 is 2.35 bits per heavy atom. The lowest BCUT2D eigenvalue weighted by Crippen LogP contribution is -2.23. The number of anilines is 1. The zero-order chi connectivity index (χ0) is 13.9. The first-order chi connectivity index (χ1) is 9.83. The number of fused-ring (bicyclic) bond motifs is 1. The number of nitrogens with two attached hydrogens (primary N) is 1. The van der Waals surface area contributed by atoms with Crippen molar-refractivity contribution < 1.29 is 4.74 Å². The molecule has 3 rings (SSSR count). The largest absolute Gasteiger partial charge is 0.384 e. The molecule has 1 unspecified atom stereocenters. The van der Waals surface area contributed by atoms with E-state index in [4.69, 9.17) is 15.5 Å². The van der Waals surface area contributed by atoms with Crippen LogP contribution < -0.4 is 10.6 Å². The molecule has 5 heteroatoms. The van der Waals surface area contributed by atoms with Crippen LogP contribution in [0.5, 0.6) is 0 Å². The molecule has 20 heavy (non-hydrogen) atoms. The fourth-order valence-electron chi connectivity index (χ4n) is 3.05. The van der Waals surface area contributed by atoms with Crippen LogP contribution in [0.25, 0.3) is 5.65 Å². The third-order valence-corrected chi connectivity index (χ3v) is 3.98. The summed E-state index contributed by atoms with van der Waals surface area (Å²) in [7, 11) is 1.77. The Hall–Kier alpha value is -1.59. The number of ether oxygens (including phenoxy) is 1. The number of hydrogen-bond donors (Lipinski definition) is 1. The molecule has 0 amide bonds. The van der Waals surface area contributed by atoms with Crippen molar-refractivity contribution in [2.45, 2.75) is 12.8 Å². The molecule has 0 aromatic carbocycles. The predicted octanol–water partition coefficient (Wildman–Crippen LogP) is 1.31. The van der Waals surface area contributed by atoms with Crippen molar-refractivity contribution in [3.63, 3.8) is 0 Å².